The first kappa shape index (κ1) is 50.0. The first-order valence-corrected chi connectivity index (χ1v) is 21.0. The van der Waals surface area contributed by atoms with Gasteiger partial charge in [0.25, 0.3) is 5.97 Å². The molecule has 0 saturated carbocycles. The molecular formula is C41H74N2O16. The predicted molar refractivity (Wildman–Crippen MR) is 212 cm³/mol. The number of hydrogen-bond donors (Lipinski definition) is 5. The molecule has 0 aliphatic carbocycles. The van der Waals surface area contributed by atoms with Crippen molar-refractivity contribution in [2.75, 3.05) is 54.9 Å². The average Bonchev–Trinajstić information content (AvgIpc) is 3.17. The second-order valence-corrected chi connectivity index (χ2v) is 18.1. The van der Waals surface area contributed by atoms with Crippen LogP contribution in [0.2, 0.25) is 0 Å². The number of carbonyl (C=O) groups excluding carboxylic acids is 1. The number of aliphatic hydroxyl groups is 5. The summed E-state index contributed by atoms with van der Waals surface area (Å²) in [6.07, 6.45) is -9.17. The molecule has 1 spiro atoms. The van der Waals surface area contributed by atoms with Gasteiger partial charge in [-0.1, -0.05) is 32.9 Å². The maximum atomic E-state index is 14.5. The number of ether oxygens (including phenoxy) is 9. The van der Waals surface area contributed by atoms with Gasteiger partial charge in [0, 0.05) is 38.0 Å². The number of fused-ring (bicyclic) bond motifs is 1. The van der Waals surface area contributed by atoms with Crippen molar-refractivity contribution in [1.82, 2.24) is 4.90 Å². The number of esters is 1. The van der Waals surface area contributed by atoms with E-state index in [0.29, 0.717) is 13.0 Å². The van der Waals surface area contributed by atoms with Gasteiger partial charge in [-0.05, 0) is 68.0 Å². The molecule has 4 aliphatic rings. The summed E-state index contributed by atoms with van der Waals surface area (Å²) in [6.45, 7) is 15.2. The van der Waals surface area contributed by atoms with Crippen LogP contribution in [0.1, 0.15) is 88.0 Å². The number of likely N-dealkylation sites (N-methyl/N-ethyl adjacent to an activating group) is 1. The van der Waals surface area contributed by atoms with Crippen molar-refractivity contribution in [3.63, 3.8) is 0 Å². The Morgan fingerprint density at radius 2 is 1.64 bits per heavy atom. The maximum Gasteiger partial charge on any atom is 0.314 e. The SMILES string of the molecule is CC[C@H]1OC(=O)[C@@H]2CO[C@@]3(C[C@@](C)(OC)[C@@H](O)[C@H](C)O3)O[C@H]2[C@H](C)[C@@H](O[C@@H]2O[C@H](C)C[C@H](N(C)C)[C@H]2O)[C@](C)(O)C[C@@H](C)/C(=N\OCOCCOC)[C@H](C)[C@@H](O)[C@]1(C)O. The molecule has 18 nitrogen and oxygen atoms in total. The van der Waals surface area contributed by atoms with Gasteiger partial charge in [-0.3, -0.25) is 4.79 Å². The highest BCUT2D eigenvalue weighted by atomic mass is 16.9. The van der Waals surface area contributed by atoms with Crippen LogP contribution in [-0.4, -0.2) is 181 Å². The van der Waals surface area contributed by atoms with E-state index >= 15 is 0 Å². The molecule has 4 saturated heterocycles. The molecule has 4 aliphatic heterocycles. The zero-order chi connectivity index (χ0) is 44.2. The van der Waals surface area contributed by atoms with Gasteiger partial charge in [0.2, 0.25) is 6.79 Å². The van der Waals surface area contributed by atoms with Crippen LogP contribution in [-0.2, 0) is 52.3 Å². The molecule has 0 bridgehead atoms. The van der Waals surface area contributed by atoms with Crippen LogP contribution in [0.4, 0.5) is 0 Å². The standard InChI is InChI=1S/C41H74N2O16/c1-14-29-40(9,49)33(45)24(4)30(42-54-21-52-16-15-50-12)22(2)18-38(7,48)35(57-37-31(44)28(43(10)11)17-23(3)55-37)25(5)32-27(36(47)56-29)19-53-41(59-32)20-39(8,51-13)34(46)26(6)58-41/h22-29,31-35,37,44-46,48-49H,14-21H2,1-13H3/b42-30+/t22-,23-,24+,25+,26+,27-,28+,29-,31-,32+,33-,34+,35-,37+,38-,39-,40-,41-/m1/s1. The molecule has 0 aromatic heterocycles. The molecule has 0 aromatic rings. The lowest BCUT2D eigenvalue weighted by molar-refractivity contribution is -0.474. The van der Waals surface area contributed by atoms with Crippen LogP contribution in [0, 0.1) is 23.7 Å². The van der Waals surface area contributed by atoms with Gasteiger partial charge in [0.1, 0.15) is 35.4 Å². The zero-order valence-corrected chi connectivity index (χ0v) is 37.4. The summed E-state index contributed by atoms with van der Waals surface area (Å²) in [7, 11) is 6.72. The van der Waals surface area contributed by atoms with Gasteiger partial charge in [0.15, 0.2) is 6.29 Å². The number of rotatable bonds is 11. The quantitative estimate of drug-likeness (QED) is 0.0861. The summed E-state index contributed by atoms with van der Waals surface area (Å²) in [6, 6.07) is -0.342. The van der Waals surface area contributed by atoms with E-state index in [0.717, 1.165) is 0 Å². The van der Waals surface area contributed by atoms with Crippen molar-refractivity contribution in [2.45, 2.75) is 172 Å². The molecule has 0 amide bonds. The highest BCUT2D eigenvalue weighted by molar-refractivity contribution is 5.88. The van der Waals surface area contributed by atoms with E-state index in [1.807, 2.05) is 25.9 Å². The Balaban J connectivity index is 1.87. The number of hydrogen-bond acceptors (Lipinski definition) is 18. The van der Waals surface area contributed by atoms with Crippen molar-refractivity contribution in [3.05, 3.63) is 0 Å². The van der Waals surface area contributed by atoms with Crippen molar-refractivity contribution in [1.29, 1.82) is 0 Å². The number of methoxy groups -OCH3 is 2. The average molecular weight is 851 g/mol. The predicted octanol–water partition coefficient (Wildman–Crippen LogP) is 1.55. The summed E-state index contributed by atoms with van der Waals surface area (Å²) in [5.74, 6) is -6.21. The Kier molecular flexibility index (Phi) is 17.2. The molecule has 5 N–H and O–H groups in total. The first-order valence-electron chi connectivity index (χ1n) is 21.0. The van der Waals surface area contributed by atoms with Gasteiger partial charge >= 0.3 is 5.97 Å². The van der Waals surface area contributed by atoms with E-state index in [-0.39, 0.29) is 57.1 Å². The highest BCUT2D eigenvalue weighted by Crippen LogP contribution is 2.47. The molecule has 18 heteroatoms. The van der Waals surface area contributed by atoms with E-state index in [9.17, 15) is 30.3 Å². The van der Waals surface area contributed by atoms with E-state index in [4.69, 9.17) is 47.5 Å². The van der Waals surface area contributed by atoms with Gasteiger partial charge in [-0.25, -0.2) is 0 Å². The second-order valence-electron chi connectivity index (χ2n) is 18.1. The molecule has 0 aromatic carbocycles. The second kappa shape index (κ2) is 20.3. The molecule has 18 atom stereocenters. The number of nitrogens with zero attached hydrogens (tertiary/aromatic N) is 2. The monoisotopic (exact) mass is 851 g/mol. The highest BCUT2D eigenvalue weighted by Gasteiger charge is 2.61. The van der Waals surface area contributed by atoms with Crippen LogP contribution < -0.4 is 0 Å². The van der Waals surface area contributed by atoms with Gasteiger partial charge in [0.05, 0.1) is 68.1 Å². The van der Waals surface area contributed by atoms with Crippen molar-refractivity contribution in [3.8, 4) is 0 Å². The number of carbonyl (C=O) groups is 1. The Morgan fingerprint density at radius 3 is 2.25 bits per heavy atom. The largest absolute Gasteiger partial charge is 0.459 e. The molecule has 4 fully saturated rings. The minimum Gasteiger partial charge on any atom is -0.459 e. The summed E-state index contributed by atoms with van der Waals surface area (Å²) in [5.41, 5.74) is -4.69. The van der Waals surface area contributed by atoms with Crippen LogP contribution in [0.15, 0.2) is 5.16 Å². The van der Waals surface area contributed by atoms with Gasteiger partial charge < -0.3 is 77.9 Å². The summed E-state index contributed by atoms with van der Waals surface area (Å²) < 4.78 is 54.7. The summed E-state index contributed by atoms with van der Waals surface area (Å²) in [5, 5.41) is 63.8. The van der Waals surface area contributed by atoms with Gasteiger partial charge in [-0.15, -0.1) is 0 Å². The van der Waals surface area contributed by atoms with Crippen LogP contribution in [0.25, 0.3) is 0 Å². The summed E-state index contributed by atoms with van der Waals surface area (Å²) >= 11 is 0. The fourth-order valence-corrected chi connectivity index (χ4v) is 9.39. The molecule has 4 rings (SSSR count). The van der Waals surface area contributed by atoms with E-state index in [1.54, 1.807) is 55.6 Å². The lowest BCUT2D eigenvalue weighted by Gasteiger charge is -2.55. The Bertz CT molecular complexity index is 1390. The Hall–Kier alpha value is -1.62. The maximum absolute atomic E-state index is 14.5. The Labute approximate surface area is 349 Å². The van der Waals surface area contributed by atoms with Crippen LogP contribution in [0.3, 0.4) is 0 Å². The first-order chi connectivity index (χ1) is 27.5. The molecule has 59 heavy (non-hydrogen) atoms. The third-order valence-corrected chi connectivity index (χ3v) is 12.9. The third-order valence-electron chi connectivity index (χ3n) is 12.9. The van der Waals surface area contributed by atoms with Crippen LogP contribution in [0.5, 0.6) is 0 Å². The van der Waals surface area contributed by atoms with Crippen molar-refractivity contribution in [2.24, 2.45) is 28.8 Å². The minimum absolute atomic E-state index is 0.0500. The van der Waals surface area contributed by atoms with Crippen LogP contribution >= 0.6 is 0 Å². The fraction of sp³-hybridized carbons (Fsp3) is 0.951. The van der Waals surface area contributed by atoms with Crippen molar-refractivity contribution < 1.29 is 77.8 Å². The Morgan fingerprint density at radius 1 is 0.966 bits per heavy atom. The fourth-order valence-electron chi connectivity index (χ4n) is 9.39. The summed E-state index contributed by atoms with van der Waals surface area (Å²) in [4.78, 5) is 22.0. The van der Waals surface area contributed by atoms with E-state index < -0.39 is 101 Å². The van der Waals surface area contributed by atoms with E-state index in [2.05, 4.69) is 5.16 Å². The lowest BCUT2D eigenvalue weighted by Crippen LogP contribution is -2.67. The van der Waals surface area contributed by atoms with Crippen molar-refractivity contribution >= 4 is 11.7 Å². The number of oxime groups is 1. The zero-order valence-electron chi connectivity index (χ0n) is 37.4. The number of cyclic esters (lactones) is 1. The van der Waals surface area contributed by atoms with Gasteiger partial charge in [-0.2, -0.15) is 0 Å². The topological polar surface area (TPSA) is 226 Å². The molecule has 0 unspecified atom stereocenters. The lowest BCUT2D eigenvalue weighted by atomic mass is 9.73. The smallest absolute Gasteiger partial charge is 0.314 e. The molecule has 0 radical (unpaired) electrons. The van der Waals surface area contributed by atoms with E-state index in [1.165, 1.54) is 14.0 Å². The molecule has 344 valence electrons. The third kappa shape index (κ3) is 11.1. The molecular weight excluding hydrogens is 776 g/mol. The number of aliphatic hydroxyl groups excluding tert-OH is 3. The normalized spacial score (nSPS) is 47.4. The minimum atomic E-state index is -2.00. The molecule has 4 heterocycles.